The molecule has 3 nitrogen and oxygen atoms in total. The van der Waals surface area contributed by atoms with Gasteiger partial charge in [-0.2, -0.15) is 0 Å². The molecule has 3 heteroatoms. The highest BCUT2D eigenvalue weighted by molar-refractivity contribution is 6.08. The molecule has 0 fully saturated rings. The lowest BCUT2D eigenvalue weighted by Gasteiger charge is -2.28. The molecule has 0 saturated heterocycles. The Morgan fingerprint density at radius 3 is 1.40 bits per heavy atom. The minimum absolute atomic E-state index is 0.353. The van der Waals surface area contributed by atoms with E-state index in [0.29, 0.717) is 5.92 Å². The van der Waals surface area contributed by atoms with E-state index in [1.165, 1.54) is 54.7 Å². The van der Waals surface area contributed by atoms with Gasteiger partial charge in [-0.25, -0.2) is 0 Å². The van der Waals surface area contributed by atoms with Crippen molar-refractivity contribution >= 4 is 49.3 Å². The quantitative estimate of drug-likeness (QED) is 0.129. The summed E-state index contributed by atoms with van der Waals surface area (Å²) >= 11 is 0. The minimum Gasteiger partial charge on any atom is -0.340 e. The van der Waals surface area contributed by atoms with Crippen LogP contribution in [0, 0.1) is 18.3 Å². The van der Waals surface area contributed by atoms with Gasteiger partial charge in [0.2, 0.25) is 0 Å². The van der Waals surface area contributed by atoms with Gasteiger partial charge in [0.1, 0.15) is 0 Å². The van der Waals surface area contributed by atoms with E-state index < -0.39 is 0 Å². The molecule has 0 saturated carbocycles. The van der Waals surface area contributed by atoms with E-state index in [1.807, 2.05) is 18.2 Å². The van der Waals surface area contributed by atoms with Crippen LogP contribution in [-0.4, -0.2) is 14.8 Å². The molecule has 0 aliphatic heterocycles. The van der Waals surface area contributed by atoms with Gasteiger partial charge >= 0.3 is 0 Å². The SMILES string of the molecule is Cc1ccccc1.N=C(CCCn1c2ccccc2c2ccccc21)C1CC=C1CCCn1c2ccccc2c2ccccc21. The summed E-state index contributed by atoms with van der Waals surface area (Å²) in [6, 6.07) is 45.2. The fourth-order valence-electron chi connectivity index (χ4n) is 7.11. The molecule has 1 aliphatic rings. The van der Waals surface area contributed by atoms with Crippen LogP contribution in [-0.2, 0) is 13.1 Å². The van der Waals surface area contributed by atoms with Gasteiger partial charge in [0.25, 0.3) is 0 Å². The summed E-state index contributed by atoms with van der Waals surface area (Å²) in [4.78, 5) is 0. The Balaban J connectivity index is 0.000000412. The van der Waals surface area contributed by atoms with Gasteiger partial charge < -0.3 is 14.5 Å². The van der Waals surface area contributed by atoms with Crippen molar-refractivity contribution in [2.45, 2.75) is 52.1 Å². The number of rotatable bonds is 9. The van der Waals surface area contributed by atoms with Gasteiger partial charge in [-0.1, -0.05) is 120 Å². The zero-order chi connectivity index (χ0) is 30.6. The van der Waals surface area contributed by atoms with Crippen molar-refractivity contribution in [2.75, 3.05) is 0 Å². The van der Waals surface area contributed by atoms with Gasteiger partial charge in [-0.05, 0) is 63.3 Å². The van der Waals surface area contributed by atoms with Gasteiger partial charge in [0.15, 0.2) is 0 Å². The summed E-state index contributed by atoms with van der Waals surface area (Å²) in [5.74, 6) is 0.353. The van der Waals surface area contributed by atoms with Gasteiger partial charge in [0, 0.05) is 68.3 Å². The first kappa shape index (κ1) is 28.9. The number of nitrogens with one attached hydrogen (secondary N) is 1. The molecule has 8 rings (SSSR count). The van der Waals surface area contributed by atoms with Crippen molar-refractivity contribution in [3.63, 3.8) is 0 Å². The van der Waals surface area contributed by atoms with E-state index in [4.69, 9.17) is 5.41 Å². The lowest BCUT2D eigenvalue weighted by atomic mass is 9.77. The van der Waals surface area contributed by atoms with Crippen molar-refractivity contribution in [1.29, 1.82) is 5.41 Å². The summed E-state index contributed by atoms with van der Waals surface area (Å²) < 4.78 is 4.93. The highest BCUT2D eigenvalue weighted by Gasteiger charge is 2.25. The summed E-state index contributed by atoms with van der Waals surface area (Å²) in [7, 11) is 0. The number of aryl methyl sites for hydroxylation is 3. The molecule has 1 atom stereocenters. The average molecular weight is 588 g/mol. The van der Waals surface area contributed by atoms with Crippen LogP contribution in [0.15, 0.2) is 139 Å². The van der Waals surface area contributed by atoms with Crippen LogP contribution in [0.4, 0.5) is 0 Å². The molecule has 0 bridgehead atoms. The number of allylic oxidation sites excluding steroid dienone is 2. The minimum atomic E-state index is 0.353. The predicted octanol–water partition coefficient (Wildman–Crippen LogP) is 11.1. The van der Waals surface area contributed by atoms with E-state index in [1.54, 1.807) is 0 Å². The smallest absolute Gasteiger partial charge is 0.0491 e. The molecule has 1 N–H and O–H groups in total. The molecule has 0 amide bonds. The molecule has 0 radical (unpaired) electrons. The maximum absolute atomic E-state index is 8.87. The Bertz CT molecular complexity index is 2020. The topological polar surface area (TPSA) is 33.7 Å². The van der Waals surface area contributed by atoms with Crippen molar-refractivity contribution in [3.05, 3.63) is 145 Å². The Hall–Kier alpha value is -4.89. The summed E-state index contributed by atoms with van der Waals surface area (Å²) in [5.41, 5.74) is 8.97. The number of nitrogens with zero attached hydrogens (tertiary/aromatic N) is 2. The van der Waals surface area contributed by atoms with Crippen LogP contribution in [0.5, 0.6) is 0 Å². The number of para-hydroxylation sites is 4. The number of hydrogen-bond acceptors (Lipinski definition) is 1. The highest BCUT2D eigenvalue weighted by Crippen LogP contribution is 2.35. The molecule has 2 heterocycles. The van der Waals surface area contributed by atoms with Crippen LogP contribution < -0.4 is 0 Å². The third-order valence-corrected chi connectivity index (χ3v) is 9.46. The van der Waals surface area contributed by atoms with Crippen molar-refractivity contribution in [1.82, 2.24) is 9.13 Å². The Labute approximate surface area is 265 Å². The first-order valence-electron chi connectivity index (χ1n) is 16.4. The number of aromatic nitrogens is 2. The lowest BCUT2D eigenvalue weighted by Crippen LogP contribution is -2.22. The van der Waals surface area contributed by atoms with Crippen LogP contribution in [0.1, 0.15) is 37.7 Å². The van der Waals surface area contributed by atoms with E-state index in [0.717, 1.165) is 50.9 Å². The largest absolute Gasteiger partial charge is 0.340 e. The Morgan fingerprint density at radius 1 is 0.578 bits per heavy atom. The highest BCUT2D eigenvalue weighted by atomic mass is 15.0. The summed E-state index contributed by atoms with van der Waals surface area (Å²) in [6.07, 6.45) is 7.49. The van der Waals surface area contributed by atoms with E-state index in [2.05, 4.69) is 131 Å². The van der Waals surface area contributed by atoms with Gasteiger partial charge in [0.05, 0.1) is 0 Å². The van der Waals surface area contributed by atoms with Crippen LogP contribution in [0.3, 0.4) is 0 Å². The molecule has 7 aromatic rings. The maximum atomic E-state index is 8.87. The monoisotopic (exact) mass is 587 g/mol. The van der Waals surface area contributed by atoms with E-state index >= 15 is 0 Å². The normalized spacial score (nSPS) is 14.3. The predicted molar refractivity (Wildman–Crippen MR) is 192 cm³/mol. The third kappa shape index (κ3) is 5.83. The zero-order valence-corrected chi connectivity index (χ0v) is 26.1. The van der Waals surface area contributed by atoms with Gasteiger partial charge in [-0.15, -0.1) is 0 Å². The number of benzene rings is 5. The fourth-order valence-corrected chi connectivity index (χ4v) is 7.11. The number of hydrogen-bond donors (Lipinski definition) is 1. The van der Waals surface area contributed by atoms with Crippen LogP contribution in [0.2, 0.25) is 0 Å². The second-order valence-electron chi connectivity index (χ2n) is 12.3. The lowest BCUT2D eigenvalue weighted by molar-refractivity contribution is 0.595. The first-order valence-corrected chi connectivity index (χ1v) is 16.4. The van der Waals surface area contributed by atoms with E-state index in [-0.39, 0.29) is 0 Å². The van der Waals surface area contributed by atoms with Crippen molar-refractivity contribution in [3.8, 4) is 0 Å². The van der Waals surface area contributed by atoms with E-state index in [9.17, 15) is 0 Å². The molecule has 2 aromatic heterocycles. The maximum Gasteiger partial charge on any atom is 0.0491 e. The second kappa shape index (κ2) is 13.0. The number of fused-ring (bicyclic) bond motifs is 6. The van der Waals surface area contributed by atoms with Crippen LogP contribution in [0.25, 0.3) is 43.6 Å². The summed E-state index contributed by atoms with van der Waals surface area (Å²) in [6.45, 7) is 4.05. The van der Waals surface area contributed by atoms with Crippen LogP contribution >= 0.6 is 0 Å². The summed E-state index contributed by atoms with van der Waals surface area (Å²) in [5, 5.41) is 14.2. The fraction of sp³-hybridized carbons (Fsp3) is 0.214. The first-order chi connectivity index (χ1) is 22.2. The third-order valence-electron chi connectivity index (χ3n) is 9.46. The molecular weight excluding hydrogens is 546 g/mol. The average Bonchev–Trinajstić information content (AvgIpc) is 3.56. The molecule has 45 heavy (non-hydrogen) atoms. The standard InChI is InChI=1S/C35H33N3.C7H8/c36-31(16-10-24-38-34-19-7-3-14-29(34)30-15-4-8-20-35(30)38)26-22-21-25(26)11-9-23-37-32-17-5-1-12-27(32)28-13-2-6-18-33(28)37;1-7-5-3-2-4-6-7/h1-8,12-15,17-21,26,36H,9-11,16,22-24H2;2-6H,1H3. The van der Waals surface area contributed by atoms with Crippen molar-refractivity contribution in [2.24, 2.45) is 5.92 Å². The second-order valence-corrected chi connectivity index (χ2v) is 12.3. The molecule has 1 unspecified atom stereocenters. The molecular formula is C42H41N3. The molecule has 0 spiro atoms. The molecule has 224 valence electrons. The Morgan fingerprint density at radius 2 is 1.00 bits per heavy atom. The molecule has 1 aliphatic carbocycles. The van der Waals surface area contributed by atoms with Crippen molar-refractivity contribution < 1.29 is 0 Å². The Kier molecular flexibility index (Phi) is 8.33. The zero-order valence-electron chi connectivity index (χ0n) is 26.1. The molecule has 5 aromatic carbocycles. The van der Waals surface area contributed by atoms with Gasteiger partial charge in [-0.3, -0.25) is 0 Å².